The molecule has 2 aromatic rings. The van der Waals surface area contributed by atoms with E-state index in [4.69, 9.17) is 4.74 Å². The lowest BCUT2D eigenvalue weighted by Crippen LogP contribution is -2.41. The van der Waals surface area contributed by atoms with Crippen LogP contribution < -0.4 is 5.32 Å². The maximum atomic E-state index is 12.2. The number of aliphatic hydroxyl groups excluding tert-OH is 1. The summed E-state index contributed by atoms with van der Waals surface area (Å²) in [5.41, 5.74) is 1.86. The smallest absolute Gasteiger partial charge is 0.359 e. The van der Waals surface area contributed by atoms with Crippen LogP contribution >= 0.6 is 12.4 Å². The molecular formula is C17H22ClN3O3. The summed E-state index contributed by atoms with van der Waals surface area (Å²) in [7, 11) is 0. The maximum Gasteiger partial charge on any atom is 0.359 e. The number of aromatic nitrogens is 2. The lowest BCUT2D eigenvalue weighted by Gasteiger charge is -2.30. The molecule has 1 saturated heterocycles. The quantitative estimate of drug-likeness (QED) is 0.824. The van der Waals surface area contributed by atoms with Gasteiger partial charge in [0.1, 0.15) is 0 Å². The topological polar surface area (TPSA) is 76.4 Å². The number of halogens is 1. The highest BCUT2D eigenvalue weighted by Gasteiger charge is 2.29. The summed E-state index contributed by atoms with van der Waals surface area (Å²) in [6, 6.07) is 9.45. The average Bonchev–Trinajstić information content (AvgIpc) is 3.01. The van der Waals surface area contributed by atoms with Crippen molar-refractivity contribution in [2.24, 2.45) is 0 Å². The van der Waals surface area contributed by atoms with E-state index in [1.807, 2.05) is 34.9 Å². The van der Waals surface area contributed by atoms with Crippen molar-refractivity contribution in [3.8, 4) is 11.3 Å². The number of esters is 1. The molecule has 6 nitrogen and oxygen atoms in total. The third-order valence-corrected chi connectivity index (χ3v) is 4.08. The second-order valence-electron chi connectivity index (χ2n) is 5.56. The molecule has 2 heterocycles. The zero-order valence-electron chi connectivity index (χ0n) is 13.5. The number of ether oxygens (including phenoxy) is 1. The first-order valence-electron chi connectivity index (χ1n) is 7.90. The minimum atomic E-state index is -0.469. The molecule has 0 unspecified atom stereocenters. The normalized spacial score (nSPS) is 20.2. The van der Waals surface area contributed by atoms with Crippen LogP contribution in [-0.2, 0) is 4.74 Å². The monoisotopic (exact) mass is 351 g/mol. The van der Waals surface area contributed by atoms with Crippen LogP contribution in [-0.4, -0.2) is 46.4 Å². The van der Waals surface area contributed by atoms with Crippen LogP contribution in [0.15, 0.2) is 36.7 Å². The number of aliphatic hydroxyl groups is 1. The zero-order valence-corrected chi connectivity index (χ0v) is 14.3. The summed E-state index contributed by atoms with van der Waals surface area (Å²) in [6.45, 7) is 3.50. The molecule has 2 N–H and O–H groups in total. The number of benzene rings is 1. The van der Waals surface area contributed by atoms with E-state index in [0.717, 1.165) is 12.1 Å². The number of hydrogen-bond donors (Lipinski definition) is 2. The van der Waals surface area contributed by atoms with Crippen LogP contribution in [0.4, 0.5) is 0 Å². The van der Waals surface area contributed by atoms with Crippen molar-refractivity contribution < 1.29 is 14.6 Å². The van der Waals surface area contributed by atoms with Crippen molar-refractivity contribution in [2.45, 2.75) is 25.5 Å². The predicted molar refractivity (Wildman–Crippen MR) is 93.4 cm³/mol. The minimum absolute atomic E-state index is 0. The Morgan fingerprint density at radius 2 is 2.17 bits per heavy atom. The fourth-order valence-corrected chi connectivity index (χ4v) is 2.96. The summed E-state index contributed by atoms with van der Waals surface area (Å²) in [6.07, 6.45) is 1.82. The Bertz CT molecular complexity index is 675. The number of piperidine rings is 1. The van der Waals surface area contributed by atoms with Crippen molar-refractivity contribution in [2.75, 3.05) is 19.7 Å². The van der Waals surface area contributed by atoms with E-state index in [0.29, 0.717) is 25.3 Å². The van der Waals surface area contributed by atoms with Gasteiger partial charge in [0.05, 0.1) is 30.8 Å². The Morgan fingerprint density at radius 1 is 1.42 bits per heavy atom. The van der Waals surface area contributed by atoms with Crippen molar-refractivity contribution in [1.82, 2.24) is 14.9 Å². The van der Waals surface area contributed by atoms with E-state index in [1.165, 1.54) is 0 Å². The number of nitrogens with zero attached hydrogens (tertiary/aromatic N) is 2. The van der Waals surface area contributed by atoms with Crippen LogP contribution in [0.25, 0.3) is 11.3 Å². The van der Waals surface area contributed by atoms with E-state index in [-0.39, 0.29) is 24.1 Å². The van der Waals surface area contributed by atoms with Crippen molar-refractivity contribution in [1.29, 1.82) is 0 Å². The molecule has 1 aromatic carbocycles. The molecule has 1 fully saturated rings. The molecule has 24 heavy (non-hydrogen) atoms. The number of carbonyl (C=O) groups is 1. The number of rotatable bonds is 4. The molecule has 0 bridgehead atoms. The first-order valence-corrected chi connectivity index (χ1v) is 7.90. The summed E-state index contributed by atoms with van der Waals surface area (Å²) in [5, 5.41) is 13.6. The average molecular weight is 352 g/mol. The van der Waals surface area contributed by atoms with E-state index in [1.54, 1.807) is 13.3 Å². The predicted octanol–water partition coefficient (Wildman–Crippen LogP) is 2.04. The Morgan fingerprint density at radius 3 is 2.83 bits per heavy atom. The molecule has 1 aliphatic heterocycles. The summed E-state index contributed by atoms with van der Waals surface area (Å²) < 4.78 is 7.01. The highest BCUT2D eigenvalue weighted by molar-refractivity contribution is 5.94. The molecule has 0 radical (unpaired) electrons. The number of hydrogen-bond acceptors (Lipinski definition) is 5. The van der Waals surface area contributed by atoms with Gasteiger partial charge in [-0.05, 0) is 19.9 Å². The Kier molecular flexibility index (Phi) is 6.36. The van der Waals surface area contributed by atoms with Crippen molar-refractivity contribution in [3.05, 3.63) is 42.4 Å². The SMILES string of the molecule is CCOC(=O)c1ncn([C@H]2CNCC[C@@H]2O)c1-c1ccccc1.Cl. The van der Waals surface area contributed by atoms with Crippen molar-refractivity contribution >= 4 is 18.4 Å². The van der Waals surface area contributed by atoms with Crippen LogP contribution in [0.2, 0.25) is 0 Å². The molecule has 130 valence electrons. The zero-order chi connectivity index (χ0) is 16.2. The largest absolute Gasteiger partial charge is 0.461 e. The number of nitrogens with one attached hydrogen (secondary N) is 1. The molecule has 0 amide bonds. The van der Waals surface area contributed by atoms with Gasteiger partial charge < -0.3 is 19.7 Å². The fraction of sp³-hybridized carbons (Fsp3) is 0.412. The third-order valence-electron chi connectivity index (χ3n) is 4.08. The van der Waals surface area contributed by atoms with E-state index in [2.05, 4.69) is 10.3 Å². The summed E-state index contributed by atoms with van der Waals surface area (Å²) in [5.74, 6) is -0.441. The van der Waals surface area contributed by atoms with Crippen molar-refractivity contribution in [3.63, 3.8) is 0 Å². The van der Waals surface area contributed by atoms with Gasteiger partial charge in [-0.15, -0.1) is 12.4 Å². The van der Waals surface area contributed by atoms with Crippen LogP contribution in [0.3, 0.4) is 0 Å². The fourth-order valence-electron chi connectivity index (χ4n) is 2.96. The summed E-state index contributed by atoms with van der Waals surface area (Å²) >= 11 is 0. The molecule has 0 saturated carbocycles. The van der Waals surface area contributed by atoms with E-state index in [9.17, 15) is 9.90 Å². The van der Waals surface area contributed by atoms with Gasteiger partial charge in [-0.2, -0.15) is 0 Å². The van der Waals surface area contributed by atoms with Gasteiger partial charge in [0.25, 0.3) is 0 Å². The van der Waals surface area contributed by atoms with Crippen LogP contribution in [0.5, 0.6) is 0 Å². The van der Waals surface area contributed by atoms with E-state index < -0.39 is 12.1 Å². The molecule has 2 atom stereocenters. The van der Waals surface area contributed by atoms with E-state index >= 15 is 0 Å². The van der Waals surface area contributed by atoms with Gasteiger partial charge in [0.2, 0.25) is 0 Å². The first kappa shape index (κ1) is 18.4. The second kappa shape index (κ2) is 8.28. The molecular weight excluding hydrogens is 330 g/mol. The molecule has 0 aliphatic carbocycles. The van der Waals surface area contributed by atoms with Gasteiger partial charge in [0, 0.05) is 12.1 Å². The molecule has 7 heteroatoms. The molecule has 0 spiro atoms. The lowest BCUT2D eigenvalue weighted by atomic mass is 10.0. The van der Waals surface area contributed by atoms with Gasteiger partial charge in [-0.25, -0.2) is 9.78 Å². The standard InChI is InChI=1S/C17H21N3O3.ClH/c1-2-23-17(22)15-16(12-6-4-3-5-7-12)20(11-19-15)13-10-18-9-8-14(13)21;/h3-7,11,13-14,18,21H,2,8-10H2,1H3;1H/t13-,14-;/m0./s1. The Hall–Kier alpha value is -1.89. The summed E-state index contributed by atoms with van der Waals surface area (Å²) in [4.78, 5) is 16.5. The van der Waals surface area contributed by atoms with Crippen LogP contribution in [0.1, 0.15) is 29.9 Å². The second-order valence-corrected chi connectivity index (χ2v) is 5.56. The maximum absolute atomic E-state index is 12.2. The molecule has 1 aliphatic rings. The molecule has 1 aromatic heterocycles. The highest BCUT2D eigenvalue weighted by atomic mass is 35.5. The van der Waals surface area contributed by atoms with Gasteiger partial charge in [0.15, 0.2) is 5.69 Å². The highest BCUT2D eigenvalue weighted by Crippen LogP contribution is 2.29. The third kappa shape index (κ3) is 3.61. The molecule has 3 rings (SSSR count). The van der Waals surface area contributed by atoms with Gasteiger partial charge >= 0.3 is 5.97 Å². The first-order chi connectivity index (χ1) is 11.2. The Labute approximate surface area is 147 Å². The van der Waals surface area contributed by atoms with Gasteiger partial charge in [-0.3, -0.25) is 0 Å². The van der Waals surface area contributed by atoms with Crippen LogP contribution in [0, 0.1) is 0 Å². The lowest BCUT2D eigenvalue weighted by molar-refractivity contribution is 0.0520. The number of imidazole rings is 1. The Balaban J connectivity index is 0.00000208. The minimum Gasteiger partial charge on any atom is -0.461 e. The number of carbonyl (C=O) groups excluding carboxylic acids is 1. The van der Waals surface area contributed by atoms with Gasteiger partial charge in [-0.1, -0.05) is 30.3 Å².